The predicted molar refractivity (Wildman–Crippen MR) is 176 cm³/mol. The number of hydrogen-bond acceptors (Lipinski definition) is 11. The summed E-state index contributed by atoms with van der Waals surface area (Å²) in [5.74, 6) is -1.62. The quantitative estimate of drug-likeness (QED) is 0.175. The molecule has 13 nitrogen and oxygen atoms in total. The Hall–Kier alpha value is -5.58. The highest BCUT2D eigenvalue weighted by Crippen LogP contribution is 2.43. The van der Waals surface area contributed by atoms with Crippen molar-refractivity contribution in [1.29, 1.82) is 0 Å². The highest BCUT2D eigenvalue weighted by molar-refractivity contribution is 5.74. The molecule has 4 N–H and O–H groups in total. The van der Waals surface area contributed by atoms with Crippen molar-refractivity contribution in [2.45, 2.75) is 51.4 Å². The summed E-state index contributed by atoms with van der Waals surface area (Å²) in [4.78, 5) is 21.6. The maximum Gasteiger partial charge on any atom is 0.429 e. The van der Waals surface area contributed by atoms with Crippen LogP contribution >= 0.6 is 0 Å². The summed E-state index contributed by atoms with van der Waals surface area (Å²) in [5.41, 5.74) is 7.02. The van der Waals surface area contributed by atoms with E-state index in [0.717, 1.165) is 0 Å². The van der Waals surface area contributed by atoms with Gasteiger partial charge in [-0.25, -0.2) is 9.07 Å². The van der Waals surface area contributed by atoms with Crippen molar-refractivity contribution in [2.75, 3.05) is 30.3 Å². The number of carboxylic acid groups (broad SMARTS) is 1. The number of aryl methyl sites for hydroxylation is 2. The zero-order chi connectivity index (χ0) is 36.1. The fourth-order valence-corrected chi connectivity index (χ4v) is 6.73. The molecule has 2 aliphatic heterocycles. The van der Waals surface area contributed by atoms with Crippen molar-refractivity contribution >= 4 is 17.7 Å². The van der Waals surface area contributed by atoms with Crippen LogP contribution in [-0.4, -0.2) is 72.9 Å². The Labute approximate surface area is 288 Å². The van der Waals surface area contributed by atoms with Gasteiger partial charge in [0.2, 0.25) is 23.8 Å². The van der Waals surface area contributed by atoms with Gasteiger partial charge in [-0.1, -0.05) is 18.2 Å². The normalized spacial score (nSPS) is 17.9. The molecule has 5 aromatic rings. The van der Waals surface area contributed by atoms with Gasteiger partial charge in [0, 0.05) is 44.4 Å². The lowest BCUT2D eigenvalue weighted by atomic mass is 9.76. The number of ether oxygens (including phenoxy) is 1. The molecule has 5 heterocycles. The number of carbonyl (C=O) groups is 1. The average molecular weight is 708 g/mol. The summed E-state index contributed by atoms with van der Waals surface area (Å²) in [7, 11) is 0. The Morgan fingerprint density at radius 3 is 2.45 bits per heavy atom. The fourth-order valence-electron chi connectivity index (χ4n) is 6.73. The van der Waals surface area contributed by atoms with Crippen LogP contribution in [0.5, 0.6) is 5.88 Å². The Morgan fingerprint density at radius 1 is 1.08 bits per heavy atom. The smallest absolute Gasteiger partial charge is 0.429 e. The molecule has 2 aromatic carbocycles. The Kier molecular flexibility index (Phi) is 8.61. The molecule has 1 spiro atoms. The maximum atomic E-state index is 15.2. The van der Waals surface area contributed by atoms with Gasteiger partial charge >= 0.3 is 12.1 Å². The van der Waals surface area contributed by atoms with Crippen LogP contribution in [0.3, 0.4) is 0 Å². The monoisotopic (exact) mass is 707 g/mol. The molecule has 266 valence electrons. The number of halogens is 4. The topological polar surface area (TPSA) is 170 Å². The second-order valence-corrected chi connectivity index (χ2v) is 12.9. The number of rotatable bonds is 8. The minimum Gasteiger partial charge on any atom is -0.480 e. The van der Waals surface area contributed by atoms with Crippen LogP contribution in [0.15, 0.2) is 59.1 Å². The van der Waals surface area contributed by atoms with Crippen molar-refractivity contribution in [1.82, 2.24) is 35.3 Å². The lowest BCUT2D eigenvalue weighted by Gasteiger charge is -2.39. The highest BCUT2D eigenvalue weighted by atomic mass is 19.4. The number of nitrogens with one attached hydrogen (secondary N) is 1. The van der Waals surface area contributed by atoms with Crippen molar-refractivity contribution in [3.8, 4) is 34.1 Å². The predicted octanol–water partition coefficient (Wildman–Crippen LogP) is 5.43. The SMILES string of the molecule is Cc1ccn(-c2cc(-c3ccc(-c4nnc(C)o4)c(F)c3)ccc2[C@@H](Oc2cc(N3CCC4(CC3)CN[C@H](C(=O)O)C4)nc(N)n2)C(F)(F)F)n1. The van der Waals surface area contributed by atoms with Crippen molar-refractivity contribution in [2.24, 2.45) is 5.41 Å². The van der Waals surface area contributed by atoms with E-state index in [1.165, 1.54) is 47.3 Å². The van der Waals surface area contributed by atoms with E-state index in [1.807, 2.05) is 4.90 Å². The van der Waals surface area contributed by atoms with Gasteiger partial charge in [0.25, 0.3) is 5.89 Å². The summed E-state index contributed by atoms with van der Waals surface area (Å²) in [5, 5.41) is 24.4. The van der Waals surface area contributed by atoms with Gasteiger partial charge in [0.1, 0.15) is 17.7 Å². The van der Waals surface area contributed by atoms with E-state index in [9.17, 15) is 23.1 Å². The van der Waals surface area contributed by atoms with Gasteiger partial charge in [-0.15, -0.1) is 10.2 Å². The number of nitrogens with two attached hydrogens (primary N) is 1. The molecule has 0 amide bonds. The molecule has 2 fully saturated rings. The van der Waals surface area contributed by atoms with Gasteiger partial charge in [0.05, 0.1) is 16.9 Å². The number of hydrogen-bond donors (Lipinski definition) is 3. The third-order valence-electron chi connectivity index (χ3n) is 9.39. The number of alkyl halides is 3. The van der Waals surface area contributed by atoms with Gasteiger partial charge in [-0.05, 0) is 67.0 Å². The van der Waals surface area contributed by atoms with Crippen LogP contribution in [0, 0.1) is 25.1 Å². The number of benzene rings is 2. The molecule has 2 aliphatic rings. The maximum absolute atomic E-state index is 15.2. The van der Waals surface area contributed by atoms with Crippen molar-refractivity contribution in [3.05, 3.63) is 77.7 Å². The molecule has 0 unspecified atom stereocenters. The van der Waals surface area contributed by atoms with Crippen LogP contribution in [-0.2, 0) is 4.79 Å². The zero-order valence-corrected chi connectivity index (χ0v) is 27.5. The fraction of sp³-hybridized carbons (Fsp3) is 0.353. The molecular formula is C34H33F4N9O4. The number of nitrogen functional groups attached to an aromatic ring is 1. The van der Waals surface area contributed by atoms with Gasteiger partial charge in [0.15, 0.2) is 0 Å². The molecule has 0 radical (unpaired) electrons. The van der Waals surface area contributed by atoms with E-state index >= 15 is 4.39 Å². The van der Waals surface area contributed by atoms with Crippen molar-refractivity contribution < 1.29 is 36.6 Å². The summed E-state index contributed by atoms with van der Waals surface area (Å²) in [6, 6.07) is 10.8. The summed E-state index contributed by atoms with van der Waals surface area (Å²) in [6.07, 6.45) is -4.07. The number of anilines is 2. The highest BCUT2D eigenvalue weighted by Gasteiger charge is 2.46. The van der Waals surface area contributed by atoms with Gasteiger partial charge in [-0.3, -0.25) is 4.79 Å². The lowest BCUT2D eigenvalue weighted by Crippen LogP contribution is -2.41. The second-order valence-electron chi connectivity index (χ2n) is 12.9. The van der Waals surface area contributed by atoms with E-state index < -0.39 is 30.1 Å². The van der Waals surface area contributed by atoms with Crippen LogP contribution in [0.25, 0.3) is 28.3 Å². The van der Waals surface area contributed by atoms with Gasteiger partial charge in [-0.2, -0.15) is 28.2 Å². The number of nitrogens with zero attached hydrogens (tertiary/aromatic N) is 7. The molecule has 7 rings (SSSR count). The minimum absolute atomic E-state index is 0.00230. The molecule has 2 saturated heterocycles. The Morgan fingerprint density at radius 2 is 1.82 bits per heavy atom. The number of aromatic nitrogens is 6. The molecule has 0 saturated carbocycles. The van der Waals surface area contributed by atoms with E-state index in [-0.39, 0.29) is 45.8 Å². The molecule has 3 aromatic heterocycles. The van der Waals surface area contributed by atoms with E-state index in [2.05, 4.69) is 30.6 Å². The summed E-state index contributed by atoms with van der Waals surface area (Å²) < 4.78 is 72.3. The molecule has 51 heavy (non-hydrogen) atoms. The standard InChI is InChI=1S/C34H33F4N9O4/c1-18-7-10-47(45-18)26-14-21(20-3-5-22(24(35)13-20)30-44-43-19(2)50-30)4-6-23(26)29(34(36,37)38)51-28-15-27(41-32(39)42-28)46-11-8-33(9-12-46)16-25(31(48)49)40-17-33/h3-7,10,13-15,25,29,40H,8-9,11-12,16-17H2,1-2H3,(H,48,49)(H2,39,41,42)/t25-,29+/m0/s1. The van der Waals surface area contributed by atoms with Crippen LogP contribution < -0.4 is 20.7 Å². The molecule has 2 atom stereocenters. The number of carboxylic acids is 1. The van der Waals surface area contributed by atoms with Crippen LogP contribution in [0.2, 0.25) is 0 Å². The van der Waals surface area contributed by atoms with E-state index in [0.29, 0.717) is 61.5 Å². The molecule has 0 bridgehead atoms. The van der Waals surface area contributed by atoms with E-state index in [4.69, 9.17) is 14.9 Å². The summed E-state index contributed by atoms with van der Waals surface area (Å²) >= 11 is 0. The molecular weight excluding hydrogens is 674 g/mol. The first-order valence-electron chi connectivity index (χ1n) is 16.1. The lowest BCUT2D eigenvalue weighted by molar-refractivity contribution is -0.198. The van der Waals surface area contributed by atoms with E-state index in [1.54, 1.807) is 26.0 Å². The zero-order valence-electron chi connectivity index (χ0n) is 27.5. The largest absolute Gasteiger partial charge is 0.480 e. The van der Waals surface area contributed by atoms with Gasteiger partial charge < -0.3 is 30.2 Å². The number of aliphatic carboxylic acids is 1. The average Bonchev–Trinajstić information content (AvgIpc) is 3.83. The first-order valence-corrected chi connectivity index (χ1v) is 16.1. The Balaban J connectivity index is 1.19. The first-order chi connectivity index (χ1) is 24.3. The van der Waals surface area contributed by atoms with Crippen molar-refractivity contribution in [3.63, 3.8) is 0 Å². The Bertz CT molecular complexity index is 2090. The third kappa shape index (κ3) is 6.93. The second kappa shape index (κ2) is 12.9. The summed E-state index contributed by atoms with van der Waals surface area (Å²) in [6.45, 7) is 4.84. The first kappa shape index (κ1) is 33.9. The number of piperidine rings is 1. The van der Waals surface area contributed by atoms with Crippen LogP contribution in [0.1, 0.15) is 42.5 Å². The molecule has 17 heteroatoms. The molecule has 0 aliphatic carbocycles. The third-order valence-corrected chi connectivity index (χ3v) is 9.39. The minimum atomic E-state index is -4.91. The van der Waals surface area contributed by atoms with Crippen LogP contribution in [0.4, 0.5) is 29.3 Å².